The van der Waals surface area contributed by atoms with Crippen LogP contribution in [0.2, 0.25) is 0 Å². The minimum atomic E-state index is -0.892. The Balaban J connectivity index is 1.65. The summed E-state index contributed by atoms with van der Waals surface area (Å²) in [6.45, 7) is 2.49. The molecule has 142 valence electrons. The molecule has 2 atom stereocenters. The van der Waals surface area contributed by atoms with E-state index in [1.54, 1.807) is 11.6 Å². The summed E-state index contributed by atoms with van der Waals surface area (Å²) in [5.41, 5.74) is -1.28. The van der Waals surface area contributed by atoms with Crippen LogP contribution in [0.4, 0.5) is 0 Å². The van der Waals surface area contributed by atoms with E-state index in [0.717, 1.165) is 0 Å². The third-order valence-electron chi connectivity index (χ3n) is 4.82. The summed E-state index contributed by atoms with van der Waals surface area (Å²) in [5, 5.41) is 20.4. The minimum absolute atomic E-state index is 0.0627. The van der Waals surface area contributed by atoms with Crippen LogP contribution in [0, 0.1) is 0 Å². The number of amides is 2. The maximum absolute atomic E-state index is 12.7. The largest absolute Gasteiger partial charge is 0.503 e. The lowest BCUT2D eigenvalue weighted by Crippen LogP contribution is -2.49. The average molecular weight is 374 g/mol. The lowest BCUT2D eigenvalue weighted by atomic mass is 10.1. The number of aromatic nitrogens is 4. The predicted octanol–water partition coefficient (Wildman–Crippen LogP) is -1.19. The number of nitrogens with one attached hydrogen (secondary N) is 1. The van der Waals surface area contributed by atoms with Gasteiger partial charge in [-0.1, -0.05) is 0 Å². The number of aromatic hydroxyl groups is 1. The second-order valence-electron chi connectivity index (χ2n) is 6.61. The van der Waals surface area contributed by atoms with E-state index in [1.807, 2.05) is 6.92 Å². The normalized spacial score (nSPS) is 21.1. The van der Waals surface area contributed by atoms with Gasteiger partial charge in [0.15, 0.2) is 23.5 Å². The summed E-state index contributed by atoms with van der Waals surface area (Å²) < 4.78 is 8.61. The van der Waals surface area contributed by atoms with Gasteiger partial charge in [0.2, 0.25) is 5.43 Å². The summed E-state index contributed by atoms with van der Waals surface area (Å²) in [6, 6.07) is -0.153. The molecule has 2 aromatic rings. The molecule has 0 aromatic carbocycles. The molecule has 2 aliphatic heterocycles. The first-order chi connectivity index (χ1) is 12.9. The SMILES string of the molecule is C[C@H]1CO[C@@H]2Cn3cc(C(=O)NCc4nncn4C)c(=O)c(O)c3C(=O)N12. The van der Waals surface area contributed by atoms with Crippen molar-refractivity contribution in [3.8, 4) is 5.75 Å². The highest BCUT2D eigenvalue weighted by Gasteiger charge is 2.42. The van der Waals surface area contributed by atoms with Crippen molar-refractivity contribution in [2.75, 3.05) is 6.61 Å². The first kappa shape index (κ1) is 17.2. The molecule has 4 rings (SSSR count). The van der Waals surface area contributed by atoms with Gasteiger partial charge < -0.3 is 29.2 Å². The number of fused-ring (bicyclic) bond motifs is 2. The maximum Gasteiger partial charge on any atom is 0.276 e. The summed E-state index contributed by atoms with van der Waals surface area (Å²) in [4.78, 5) is 39.1. The van der Waals surface area contributed by atoms with Crippen LogP contribution in [-0.4, -0.2) is 60.0 Å². The van der Waals surface area contributed by atoms with Gasteiger partial charge in [0.25, 0.3) is 11.8 Å². The zero-order valence-corrected chi connectivity index (χ0v) is 14.7. The molecule has 27 heavy (non-hydrogen) atoms. The molecular formula is C16H18N6O5. The molecule has 11 nitrogen and oxygen atoms in total. The summed E-state index contributed by atoms with van der Waals surface area (Å²) in [6.07, 6.45) is 2.28. The Kier molecular flexibility index (Phi) is 3.95. The molecule has 0 unspecified atom stereocenters. The number of rotatable bonds is 3. The summed E-state index contributed by atoms with van der Waals surface area (Å²) in [7, 11) is 1.72. The van der Waals surface area contributed by atoms with Crippen molar-refractivity contribution in [2.45, 2.75) is 32.3 Å². The Labute approximate surface area is 153 Å². The van der Waals surface area contributed by atoms with Gasteiger partial charge in [-0.15, -0.1) is 10.2 Å². The van der Waals surface area contributed by atoms with E-state index in [9.17, 15) is 19.5 Å². The molecule has 4 heterocycles. The minimum Gasteiger partial charge on any atom is -0.503 e. The van der Waals surface area contributed by atoms with E-state index in [-0.39, 0.29) is 30.4 Å². The van der Waals surface area contributed by atoms with Gasteiger partial charge in [-0.2, -0.15) is 0 Å². The molecular weight excluding hydrogens is 356 g/mol. The number of pyridine rings is 1. The standard InChI is InChI=1S/C16H18N6O5/c1-8-6-27-11-5-21-4-9(13(23)14(24)12(21)16(26)22(8)11)15(25)17-3-10-19-18-7-20(10)2/h4,7-8,11,24H,3,5-6H2,1-2H3,(H,17,25)/t8-,11+/m0/s1. The molecule has 2 aromatic heterocycles. The number of hydrogen-bond acceptors (Lipinski definition) is 7. The zero-order chi connectivity index (χ0) is 19.3. The van der Waals surface area contributed by atoms with Crippen LogP contribution in [0.1, 0.15) is 33.6 Å². The lowest BCUT2D eigenvalue weighted by Gasteiger charge is -2.33. The summed E-state index contributed by atoms with van der Waals surface area (Å²) >= 11 is 0. The Bertz CT molecular complexity index is 996. The van der Waals surface area contributed by atoms with Crippen LogP contribution in [-0.2, 0) is 24.9 Å². The van der Waals surface area contributed by atoms with Crippen molar-refractivity contribution in [1.82, 2.24) is 29.5 Å². The second-order valence-corrected chi connectivity index (χ2v) is 6.61. The molecule has 0 radical (unpaired) electrons. The van der Waals surface area contributed by atoms with Gasteiger partial charge in [-0.3, -0.25) is 14.4 Å². The van der Waals surface area contributed by atoms with Crippen molar-refractivity contribution < 1.29 is 19.4 Å². The van der Waals surface area contributed by atoms with E-state index >= 15 is 0 Å². The molecule has 2 N–H and O–H groups in total. The number of carbonyl (C=O) groups is 2. The highest BCUT2D eigenvalue weighted by atomic mass is 16.5. The number of aryl methyl sites for hydroxylation is 1. The second kappa shape index (κ2) is 6.20. The first-order valence-electron chi connectivity index (χ1n) is 8.40. The quantitative estimate of drug-likeness (QED) is 0.691. The van der Waals surface area contributed by atoms with Crippen molar-refractivity contribution in [2.24, 2.45) is 7.05 Å². The Morgan fingerprint density at radius 1 is 1.44 bits per heavy atom. The van der Waals surface area contributed by atoms with Gasteiger partial charge in [-0.25, -0.2) is 0 Å². The zero-order valence-electron chi connectivity index (χ0n) is 14.7. The van der Waals surface area contributed by atoms with E-state index in [0.29, 0.717) is 12.4 Å². The Hall–Kier alpha value is -3.21. The smallest absolute Gasteiger partial charge is 0.276 e. The van der Waals surface area contributed by atoms with Crippen molar-refractivity contribution in [1.29, 1.82) is 0 Å². The van der Waals surface area contributed by atoms with Crippen LogP contribution >= 0.6 is 0 Å². The highest BCUT2D eigenvalue weighted by molar-refractivity contribution is 5.99. The fraction of sp³-hybridized carbons (Fsp3) is 0.438. The van der Waals surface area contributed by atoms with Crippen LogP contribution in [0.15, 0.2) is 17.3 Å². The van der Waals surface area contributed by atoms with E-state index in [2.05, 4.69) is 15.5 Å². The van der Waals surface area contributed by atoms with Gasteiger partial charge in [0.05, 0.1) is 25.7 Å². The van der Waals surface area contributed by atoms with E-state index in [4.69, 9.17) is 4.74 Å². The molecule has 2 aliphatic rings. The van der Waals surface area contributed by atoms with Gasteiger partial charge in [0.1, 0.15) is 11.9 Å². The van der Waals surface area contributed by atoms with Gasteiger partial charge in [0, 0.05) is 13.2 Å². The Morgan fingerprint density at radius 3 is 2.93 bits per heavy atom. The molecule has 0 saturated carbocycles. The van der Waals surface area contributed by atoms with E-state index in [1.165, 1.54) is 22.0 Å². The molecule has 1 fully saturated rings. The Morgan fingerprint density at radius 2 is 2.22 bits per heavy atom. The van der Waals surface area contributed by atoms with Crippen molar-refractivity contribution >= 4 is 11.8 Å². The van der Waals surface area contributed by atoms with Gasteiger partial charge in [-0.05, 0) is 6.92 Å². The summed E-state index contributed by atoms with van der Waals surface area (Å²) in [5.74, 6) is -1.39. The molecule has 1 saturated heterocycles. The molecule has 0 bridgehead atoms. The lowest BCUT2D eigenvalue weighted by molar-refractivity contribution is 0.00624. The first-order valence-corrected chi connectivity index (χ1v) is 8.40. The number of ether oxygens (including phenoxy) is 1. The van der Waals surface area contributed by atoms with Gasteiger partial charge >= 0.3 is 0 Å². The average Bonchev–Trinajstić information content (AvgIpc) is 3.21. The third-order valence-corrected chi connectivity index (χ3v) is 4.82. The van der Waals surface area contributed by atoms with E-state index < -0.39 is 29.2 Å². The number of hydrogen-bond donors (Lipinski definition) is 2. The van der Waals surface area contributed by atoms with Crippen LogP contribution in [0.25, 0.3) is 0 Å². The topological polar surface area (TPSA) is 132 Å². The molecule has 2 amide bonds. The van der Waals surface area contributed by atoms with Crippen LogP contribution in [0.3, 0.4) is 0 Å². The van der Waals surface area contributed by atoms with Crippen molar-refractivity contribution in [3.05, 3.63) is 39.8 Å². The monoisotopic (exact) mass is 374 g/mol. The fourth-order valence-corrected chi connectivity index (χ4v) is 3.36. The molecule has 0 spiro atoms. The van der Waals surface area contributed by atoms with Crippen LogP contribution < -0.4 is 10.7 Å². The maximum atomic E-state index is 12.7. The highest BCUT2D eigenvalue weighted by Crippen LogP contribution is 2.29. The van der Waals surface area contributed by atoms with Crippen molar-refractivity contribution in [3.63, 3.8) is 0 Å². The fourth-order valence-electron chi connectivity index (χ4n) is 3.36. The molecule has 0 aliphatic carbocycles. The number of nitrogens with zero attached hydrogens (tertiary/aromatic N) is 5. The van der Waals surface area contributed by atoms with Crippen LogP contribution in [0.5, 0.6) is 5.75 Å². The molecule has 11 heteroatoms. The predicted molar refractivity (Wildman–Crippen MR) is 89.9 cm³/mol. The third kappa shape index (κ3) is 2.67. The number of carbonyl (C=O) groups excluding carboxylic acids is 2.